The van der Waals surface area contributed by atoms with Crippen LogP contribution in [0.5, 0.6) is 0 Å². The number of sulfonamides is 1. The second kappa shape index (κ2) is 5.68. The highest BCUT2D eigenvalue weighted by molar-refractivity contribution is 7.91. The number of hydrogen-bond donors (Lipinski definition) is 1. The highest BCUT2D eigenvalue weighted by atomic mass is 32.2. The van der Waals surface area contributed by atoms with Crippen LogP contribution in [0.2, 0.25) is 0 Å². The first-order chi connectivity index (χ1) is 10.1. The number of nitrogens with two attached hydrogens (primary N) is 1. The Morgan fingerprint density at radius 3 is 2.90 bits per heavy atom. The molecule has 2 aromatic heterocycles. The normalized spacial score (nSPS) is 20.5. The third kappa shape index (κ3) is 2.77. The number of rotatable bonds is 3. The second-order valence-electron chi connectivity index (χ2n) is 4.48. The Morgan fingerprint density at radius 2 is 2.19 bits per heavy atom. The number of thiophene rings is 1. The van der Waals surface area contributed by atoms with Crippen LogP contribution in [0.1, 0.15) is 11.8 Å². The van der Waals surface area contributed by atoms with Gasteiger partial charge >= 0.3 is 0 Å². The molecule has 9 heteroatoms. The van der Waals surface area contributed by atoms with Crippen molar-refractivity contribution < 1.29 is 13.2 Å². The lowest BCUT2D eigenvalue weighted by atomic mass is 10.2. The van der Waals surface area contributed by atoms with E-state index in [0.717, 1.165) is 0 Å². The van der Waals surface area contributed by atoms with E-state index in [4.69, 9.17) is 10.5 Å². The summed E-state index contributed by atoms with van der Waals surface area (Å²) in [5.41, 5.74) is 6.26. The maximum absolute atomic E-state index is 12.5. The molecule has 0 bridgehead atoms. The molecule has 7 nitrogen and oxygen atoms in total. The van der Waals surface area contributed by atoms with Gasteiger partial charge in [-0.3, -0.25) is 4.98 Å². The van der Waals surface area contributed by atoms with E-state index in [1.165, 1.54) is 28.0 Å². The smallest absolute Gasteiger partial charge is 0.252 e. The zero-order valence-corrected chi connectivity index (χ0v) is 12.7. The number of aromatic nitrogens is 2. The summed E-state index contributed by atoms with van der Waals surface area (Å²) in [6, 6.07) is 3.32. The van der Waals surface area contributed by atoms with Gasteiger partial charge in [-0.05, 0) is 11.4 Å². The molecule has 2 aromatic rings. The molecule has 0 saturated carbocycles. The summed E-state index contributed by atoms with van der Waals surface area (Å²) in [5, 5.41) is 1.74. The molecule has 1 atom stereocenters. The number of ether oxygens (including phenoxy) is 1. The van der Waals surface area contributed by atoms with Crippen molar-refractivity contribution in [3.8, 4) is 0 Å². The van der Waals surface area contributed by atoms with Gasteiger partial charge in [0.15, 0.2) is 0 Å². The highest BCUT2D eigenvalue weighted by Crippen LogP contribution is 2.28. The summed E-state index contributed by atoms with van der Waals surface area (Å²) in [5.74, 6) is 0.262. The fourth-order valence-corrected chi connectivity index (χ4v) is 4.72. The van der Waals surface area contributed by atoms with E-state index in [1.54, 1.807) is 17.5 Å². The monoisotopic (exact) mass is 326 g/mol. The van der Waals surface area contributed by atoms with Gasteiger partial charge in [-0.1, -0.05) is 6.07 Å². The van der Waals surface area contributed by atoms with Crippen LogP contribution in [-0.4, -0.2) is 42.4 Å². The minimum atomic E-state index is -3.49. The number of hydrogen-bond acceptors (Lipinski definition) is 7. The van der Waals surface area contributed by atoms with Gasteiger partial charge in [-0.15, -0.1) is 11.3 Å². The van der Waals surface area contributed by atoms with Crippen molar-refractivity contribution in [3.05, 3.63) is 35.6 Å². The van der Waals surface area contributed by atoms with Crippen LogP contribution in [0.25, 0.3) is 0 Å². The molecular weight excluding hydrogens is 312 g/mol. The zero-order chi connectivity index (χ0) is 14.9. The molecule has 0 aromatic carbocycles. The molecule has 1 saturated heterocycles. The lowest BCUT2D eigenvalue weighted by Crippen LogP contribution is -2.42. The largest absolute Gasteiger partial charge is 0.382 e. The molecule has 0 amide bonds. The summed E-state index contributed by atoms with van der Waals surface area (Å²) < 4.78 is 32.4. The van der Waals surface area contributed by atoms with Crippen LogP contribution in [0.15, 0.2) is 34.1 Å². The maximum atomic E-state index is 12.5. The average molecular weight is 326 g/mol. The topological polar surface area (TPSA) is 98.4 Å². The van der Waals surface area contributed by atoms with Gasteiger partial charge in [0, 0.05) is 25.5 Å². The molecule has 3 rings (SSSR count). The van der Waals surface area contributed by atoms with Crippen LogP contribution in [0.3, 0.4) is 0 Å². The number of morpholine rings is 1. The third-order valence-electron chi connectivity index (χ3n) is 3.18. The fourth-order valence-electron chi connectivity index (χ4n) is 2.15. The number of anilines is 1. The molecule has 0 radical (unpaired) electrons. The van der Waals surface area contributed by atoms with E-state index in [9.17, 15) is 8.42 Å². The van der Waals surface area contributed by atoms with Crippen molar-refractivity contribution in [2.45, 2.75) is 10.3 Å². The van der Waals surface area contributed by atoms with Crippen LogP contribution in [-0.2, 0) is 14.8 Å². The molecule has 0 unspecified atom stereocenters. The van der Waals surface area contributed by atoms with Crippen LogP contribution >= 0.6 is 11.3 Å². The Bertz CT molecular complexity index is 718. The molecule has 0 aliphatic carbocycles. The van der Waals surface area contributed by atoms with Crippen molar-refractivity contribution in [1.29, 1.82) is 0 Å². The predicted molar refractivity (Wildman–Crippen MR) is 78.2 cm³/mol. The molecule has 2 N–H and O–H groups in total. The Balaban J connectivity index is 1.86. The SMILES string of the molecule is Nc1nccnc1[C@@H]1CN(S(=O)(=O)c2cccs2)CCO1. The van der Waals surface area contributed by atoms with E-state index in [-0.39, 0.29) is 12.4 Å². The van der Waals surface area contributed by atoms with Crippen LogP contribution < -0.4 is 5.73 Å². The van der Waals surface area contributed by atoms with Gasteiger partial charge in [0.2, 0.25) is 0 Å². The average Bonchev–Trinajstić information content (AvgIpc) is 3.03. The minimum Gasteiger partial charge on any atom is -0.382 e. The summed E-state index contributed by atoms with van der Waals surface area (Å²) >= 11 is 1.20. The van der Waals surface area contributed by atoms with Crippen LogP contribution in [0, 0.1) is 0 Å². The Kier molecular flexibility index (Phi) is 3.89. The van der Waals surface area contributed by atoms with E-state index >= 15 is 0 Å². The van der Waals surface area contributed by atoms with Crippen molar-refractivity contribution in [3.63, 3.8) is 0 Å². The van der Waals surface area contributed by atoms with Crippen molar-refractivity contribution in [1.82, 2.24) is 14.3 Å². The van der Waals surface area contributed by atoms with Gasteiger partial charge in [0.25, 0.3) is 10.0 Å². The van der Waals surface area contributed by atoms with Crippen molar-refractivity contribution in [2.75, 3.05) is 25.4 Å². The van der Waals surface area contributed by atoms with Gasteiger partial charge in [0.05, 0.1) is 6.61 Å². The summed E-state index contributed by atoms with van der Waals surface area (Å²) in [7, 11) is -3.49. The van der Waals surface area contributed by atoms with Crippen molar-refractivity contribution in [2.24, 2.45) is 0 Å². The molecule has 1 aliphatic heterocycles. The standard InChI is InChI=1S/C12H14N4O3S2/c13-12-11(14-3-4-15-12)9-8-16(5-6-19-9)21(17,18)10-2-1-7-20-10/h1-4,7,9H,5-6,8H2,(H2,13,15)/t9-/m0/s1. The minimum absolute atomic E-state index is 0.184. The van der Waals surface area contributed by atoms with Crippen LogP contribution in [0.4, 0.5) is 5.82 Å². The fraction of sp³-hybridized carbons (Fsp3) is 0.333. The Labute approximate surface area is 126 Å². The molecular formula is C12H14N4O3S2. The summed E-state index contributed by atoms with van der Waals surface area (Å²) in [6.07, 6.45) is 2.51. The summed E-state index contributed by atoms with van der Waals surface area (Å²) in [4.78, 5) is 8.11. The highest BCUT2D eigenvalue weighted by Gasteiger charge is 2.33. The second-order valence-corrected chi connectivity index (χ2v) is 7.59. The lowest BCUT2D eigenvalue weighted by molar-refractivity contribution is -0.00459. The van der Waals surface area contributed by atoms with Gasteiger partial charge in [0.1, 0.15) is 21.8 Å². The molecule has 0 spiro atoms. The number of nitrogen functional groups attached to an aromatic ring is 1. The Hall–Kier alpha value is -1.55. The van der Waals surface area contributed by atoms with E-state index < -0.39 is 16.1 Å². The molecule has 3 heterocycles. The van der Waals surface area contributed by atoms with Gasteiger partial charge in [-0.25, -0.2) is 13.4 Å². The van der Waals surface area contributed by atoms with Gasteiger partial charge in [-0.2, -0.15) is 4.31 Å². The van der Waals surface area contributed by atoms with Crippen molar-refractivity contribution >= 4 is 27.2 Å². The zero-order valence-electron chi connectivity index (χ0n) is 11.0. The predicted octanol–water partition coefficient (Wildman–Crippen LogP) is 0.882. The molecule has 21 heavy (non-hydrogen) atoms. The maximum Gasteiger partial charge on any atom is 0.252 e. The van der Waals surface area contributed by atoms with E-state index in [0.29, 0.717) is 23.1 Å². The first-order valence-corrected chi connectivity index (χ1v) is 8.62. The van der Waals surface area contributed by atoms with E-state index in [1.807, 2.05) is 0 Å². The number of nitrogens with zero attached hydrogens (tertiary/aromatic N) is 3. The first kappa shape index (κ1) is 14.4. The van der Waals surface area contributed by atoms with Gasteiger partial charge < -0.3 is 10.5 Å². The first-order valence-electron chi connectivity index (χ1n) is 6.30. The third-order valence-corrected chi connectivity index (χ3v) is 6.42. The lowest BCUT2D eigenvalue weighted by Gasteiger charge is -2.31. The summed E-state index contributed by atoms with van der Waals surface area (Å²) in [6.45, 7) is 0.797. The molecule has 1 aliphatic rings. The molecule has 1 fully saturated rings. The Morgan fingerprint density at radius 1 is 1.38 bits per heavy atom. The molecule has 112 valence electrons. The van der Waals surface area contributed by atoms with E-state index in [2.05, 4.69) is 9.97 Å². The quantitative estimate of drug-likeness (QED) is 0.899.